The second-order valence-corrected chi connectivity index (χ2v) is 5.29. The van der Waals surface area contributed by atoms with Crippen LogP contribution >= 0.6 is 34.7 Å². The van der Waals surface area contributed by atoms with Gasteiger partial charge in [0.2, 0.25) is 0 Å². The molecule has 0 saturated carbocycles. The number of nitrogens with one attached hydrogen (secondary N) is 1. The van der Waals surface area contributed by atoms with Gasteiger partial charge in [-0.2, -0.15) is 11.8 Å². The summed E-state index contributed by atoms with van der Waals surface area (Å²) in [5, 5.41) is 5.98. The molecule has 0 radical (unpaired) electrons. The van der Waals surface area contributed by atoms with Gasteiger partial charge in [-0.3, -0.25) is 4.40 Å². The zero-order chi connectivity index (χ0) is 10.7. The molecule has 0 aliphatic heterocycles. The van der Waals surface area contributed by atoms with E-state index in [4.69, 9.17) is 11.6 Å². The van der Waals surface area contributed by atoms with Gasteiger partial charge in [0.15, 0.2) is 10.1 Å². The Morgan fingerprint density at radius 1 is 1.67 bits per heavy atom. The third kappa shape index (κ3) is 2.47. The highest BCUT2D eigenvalue weighted by molar-refractivity contribution is 7.98. The predicted octanol–water partition coefficient (Wildman–Crippen LogP) is 2.50. The van der Waals surface area contributed by atoms with Gasteiger partial charge < -0.3 is 5.32 Å². The van der Waals surface area contributed by atoms with Crippen LogP contribution in [0.5, 0.6) is 0 Å². The summed E-state index contributed by atoms with van der Waals surface area (Å²) < 4.78 is 2.04. The molecular weight excluding hydrogens is 250 g/mol. The van der Waals surface area contributed by atoms with E-state index in [1.54, 1.807) is 11.3 Å². The predicted molar refractivity (Wildman–Crippen MR) is 68.2 cm³/mol. The van der Waals surface area contributed by atoms with E-state index in [2.05, 4.69) is 16.6 Å². The highest BCUT2D eigenvalue weighted by Crippen LogP contribution is 2.20. The highest BCUT2D eigenvalue weighted by Gasteiger charge is 2.09. The lowest BCUT2D eigenvalue weighted by Gasteiger charge is -2.02. The summed E-state index contributed by atoms with van der Waals surface area (Å²) in [5.74, 6) is 1.11. The molecule has 2 rings (SSSR count). The molecule has 0 spiro atoms. The summed E-state index contributed by atoms with van der Waals surface area (Å²) in [6, 6.07) is 0. The van der Waals surface area contributed by atoms with Crippen LogP contribution in [0.3, 0.4) is 0 Å². The summed E-state index contributed by atoms with van der Waals surface area (Å²) in [4.78, 5) is 5.23. The van der Waals surface area contributed by atoms with E-state index >= 15 is 0 Å². The van der Waals surface area contributed by atoms with E-state index in [0.717, 1.165) is 29.5 Å². The van der Waals surface area contributed by atoms with Crippen molar-refractivity contribution in [3.63, 3.8) is 0 Å². The first kappa shape index (κ1) is 11.3. The number of imidazole rings is 1. The van der Waals surface area contributed by atoms with Crippen molar-refractivity contribution in [1.29, 1.82) is 0 Å². The molecule has 0 unspecified atom stereocenters. The number of aromatic nitrogens is 2. The summed E-state index contributed by atoms with van der Waals surface area (Å²) >= 11 is 9.49. The Morgan fingerprint density at radius 2 is 2.53 bits per heavy atom. The Bertz CT molecular complexity index is 437. The van der Waals surface area contributed by atoms with Crippen molar-refractivity contribution < 1.29 is 0 Å². The zero-order valence-electron chi connectivity index (χ0n) is 8.36. The molecule has 0 atom stereocenters. The van der Waals surface area contributed by atoms with Crippen LogP contribution in [-0.2, 0) is 6.54 Å². The minimum atomic E-state index is 0.610. The Kier molecular flexibility index (Phi) is 3.91. The Morgan fingerprint density at radius 3 is 3.33 bits per heavy atom. The lowest BCUT2D eigenvalue weighted by Crippen LogP contribution is -2.17. The van der Waals surface area contributed by atoms with Crippen LogP contribution < -0.4 is 5.32 Å². The van der Waals surface area contributed by atoms with Crippen LogP contribution in [0, 0.1) is 0 Å². The number of thioether (sulfide) groups is 1. The van der Waals surface area contributed by atoms with E-state index in [1.165, 1.54) is 0 Å². The minimum Gasteiger partial charge on any atom is -0.310 e. The van der Waals surface area contributed by atoms with E-state index < -0.39 is 0 Å². The van der Waals surface area contributed by atoms with Gasteiger partial charge in [0.25, 0.3) is 0 Å². The molecule has 0 amide bonds. The van der Waals surface area contributed by atoms with Crippen molar-refractivity contribution in [3.05, 3.63) is 22.4 Å². The number of nitrogens with zero attached hydrogens (tertiary/aromatic N) is 2. The van der Waals surface area contributed by atoms with Gasteiger partial charge in [-0.25, -0.2) is 4.98 Å². The number of fused-ring (bicyclic) bond motifs is 1. The van der Waals surface area contributed by atoms with Crippen LogP contribution in [0.2, 0.25) is 5.15 Å². The molecule has 0 aliphatic rings. The lowest BCUT2D eigenvalue weighted by molar-refractivity contribution is 0.711. The lowest BCUT2D eigenvalue weighted by atomic mass is 10.4. The summed E-state index contributed by atoms with van der Waals surface area (Å²) in [5.41, 5.74) is 1.05. The number of rotatable bonds is 5. The molecule has 0 aliphatic carbocycles. The van der Waals surface area contributed by atoms with Crippen molar-refractivity contribution in [2.75, 3.05) is 18.6 Å². The monoisotopic (exact) mass is 261 g/mol. The molecule has 0 fully saturated rings. The van der Waals surface area contributed by atoms with Gasteiger partial charge >= 0.3 is 0 Å². The maximum atomic E-state index is 6.05. The topological polar surface area (TPSA) is 29.3 Å². The maximum absolute atomic E-state index is 6.05. The third-order valence-corrected chi connectivity index (χ3v) is 3.76. The van der Waals surface area contributed by atoms with Crippen molar-refractivity contribution in [1.82, 2.24) is 14.7 Å². The average molecular weight is 262 g/mol. The Balaban J connectivity index is 2.05. The van der Waals surface area contributed by atoms with Crippen molar-refractivity contribution in [2.45, 2.75) is 6.54 Å². The van der Waals surface area contributed by atoms with Crippen molar-refractivity contribution in [3.8, 4) is 0 Å². The summed E-state index contributed by atoms with van der Waals surface area (Å²) in [7, 11) is 0. The van der Waals surface area contributed by atoms with Crippen LogP contribution in [0.4, 0.5) is 0 Å². The fourth-order valence-electron chi connectivity index (χ4n) is 1.35. The molecular formula is C9H12ClN3S2. The van der Waals surface area contributed by atoms with E-state index in [1.807, 2.05) is 27.7 Å². The second-order valence-electron chi connectivity index (χ2n) is 3.07. The van der Waals surface area contributed by atoms with Gasteiger partial charge in [0.1, 0.15) is 0 Å². The van der Waals surface area contributed by atoms with Crippen LogP contribution in [-0.4, -0.2) is 27.9 Å². The fraction of sp³-hybridized carbons (Fsp3) is 0.444. The zero-order valence-corrected chi connectivity index (χ0v) is 10.8. The molecule has 2 aromatic heterocycles. The Labute approximate surface area is 102 Å². The smallest absolute Gasteiger partial charge is 0.195 e. The Hall–Kier alpha value is -0.230. The van der Waals surface area contributed by atoms with Crippen molar-refractivity contribution >= 4 is 39.7 Å². The molecule has 2 heterocycles. The molecule has 82 valence electrons. The van der Waals surface area contributed by atoms with E-state index in [0.29, 0.717) is 5.15 Å². The highest BCUT2D eigenvalue weighted by atomic mass is 35.5. The second kappa shape index (κ2) is 5.21. The number of hydrogen-bond acceptors (Lipinski definition) is 4. The van der Waals surface area contributed by atoms with Crippen LogP contribution in [0.25, 0.3) is 4.96 Å². The SMILES string of the molecule is CSCCNCc1c(Cl)nc2sccn12. The molecule has 0 aromatic carbocycles. The number of halogens is 1. The van der Waals surface area contributed by atoms with Crippen molar-refractivity contribution in [2.24, 2.45) is 0 Å². The summed E-state index contributed by atoms with van der Waals surface area (Å²) in [6.07, 6.45) is 4.11. The number of hydrogen-bond donors (Lipinski definition) is 1. The largest absolute Gasteiger partial charge is 0.310 e. The average Bonchev–Trinajstić information content (AvgIpc) is 2.75. The van der Waals surface area contributed by atoms with Gasteiger partial charge in [-0.1, -0.05) is 11.6 Å². The molecule has 2 aromatic rings. The standard InChI is InChI=1S/C9H12ClN3S2/c1-14-4-2-11-6-7-8(10)12-9-13(7)3-5-15-9/h3,5,11H,2,4,6H2,1H3. The normalized spacial score (nSPS) is 11.3. The number of thiazole rings is 1. The van der Waals surface area contributed by atoms with Crippen LogP contribution in [0.15, 0.2) is 11.6 Å². The first-order valence-corrected chi connectivity index (χ1v) is 7.27. The maximum Gasteiger partial charge on any atom is 0.195 e. The van der Waals surface area contributed by atoms with Gasteiger partial charge in [-0.15, -0.1) is 11.3 Å². The van der Waals surface area contributed by atoms with Crippen LogP contribution in [0.1, 0.15) is 5.69 Å². The van der Waals surface area contributed by atoms with E-state index in [9.17, 15) is 0 Å². The molecule has 15 heavy (non-hydrogen) atoms. The molecule has 3 nitrogen and oxygen atoms in total. The summed E-state index contributed by atoms with van der Waals surface area (Å²) in [6.45, 7) is 1.77. The first-order chi connectivity index (χ1) is 7.33. The fourth-order valence-corrected chi connectivity index (χ4v) is 2.71. The molecule has 1 N–H and O–H groups in total. The molecule has 0 saturated heterocycles. The molecule has 6 heteroatoms. The third-order valence-electron chi connectivity index (χ3n) is 2.09. The van der Waals surface area contributed by atoms with E-state index in [-0.39, 0.29) is 0 Å². The first-order valence-electron chi connectivity index (χ1n) is 4.62. The van der Waals surface area contributed by atoms with Gasteiger partial charge in [0.05, 0.1) is 5.69 Å². The van der Waals surface area contributed by atoms with Gasteiger partial charge in [0, 0.05) is 30.4 Å². The minimum absolute atomic E-state index is 0.610. The van der Waals surface area contributed by atoms with Gasteiger partial charge in [-0.05, 0) is 6.26 Å². The molecule has 0 bridgehead atoms. The quantitative estimate of drug-likeness (QED) is 0.839.